The van der Waals surface area contributed by atoms with Gasteiger partial charge >= 0.3 is 0 Å². The van der Waals surface area contributed by atoms with Crippen LogP contribution in [-0.2, 0) is 26.5 Å². The summed E-state index contributed by atoms with van der Waals surface area (Å²) in [5.41, 5.74) is 0. The van der Waals surface area contributed by atoms with Gasteiger partial charge in [0.25, 0.3) is 10.0 Å². The fraction of sp³-hybridized carbons (Fsp3) is 0.200. The Bertz CT molecular complexity index is 477. The topological polar surface area (TPSA) is 101 Å². The third-order valence-corrected chi connectivity index (χ3v) is 4.34. The van der Waals surface area contributed by atoms with Crippen LogP contribution in [0.3, 0.4) is 0 Å². The van der Waals surface area contributed by atoms with Crippen molar-refractivity contribution in [1.82, 2.24) is 4.89 Å². The standard InChI is InChI=1S/C5H7NO5S3/c7-6-14(10,11)5-1-4(12-2-5)3-13(8)9/h1-2,6-7,13H,3H2. The van der Waals surface area contributed by atoms with Gasteiger partial charge in [-0.25, -0.2) is 16.8 Å². The summed E-state index contributed by atoms with van der Waals surface area (Å²) in [5, 5.41) is 9.54. The number of thiophene rings is 1. The SMILES string of the molecule is O=[SH](=O)Cc1cc(S(=O)(=O)NO)cs1. The van der Waals surface area contributed by atoms with Crippen molar-refractivity contribution in [3.05, 3.63) is 16.3 Å². The maximum atomic E-state index is 11.0. The van der Waals surface area contributed by atoms with Gasteiger partial charge in [-0.15, -0.1) is 11.3 Å². The van der Waals surface area contributed by atoms with Gasteiger partial charge in [-0.3, -0.25) is 0 Å². The summed E-state index contributed by atoms with van der Waals surface area (Å²) in [4.78, 5) is 1.42. The first-order valence-electron chi connectivity index (χ1n) is 3.31. The lowest BCUT2D eigenvalue weighted by molar-refractivity contribution is 0.242. The van der Waals surface area contributed by atoms with Crippen LogP contribution in [0.5, 0.6) is 0 Å². The van der Waals surface area contributed by atoms with Gasteiger partial charge in [0.05, 0.1) is 10.6 Å². The second-order valence-electron chi connectivity index (χ2n) is 2.33. The van der Waals surface area contributed by atoms with E-state index in [1.807, 2.05) is 0 Å². The van der Waals surface area contributed by atoms with Crippen molar-refractivity contribution in [2.24, 2.45) is 0 Å². The summed E-state index contributed by atoms with van der Waals surface area (Å²) < 4.78 is 42.6. The molecule has 0 saturated carbocycles. The van der Waals surface area contributed by atoms with Crippen molar-refractivity contribution in [3.8, 4) is 0 Å². The predicted octanol–water partition coefficient (Wildman–Crippen LogP) is -0.473. The van der Waals surface area contributed by atoms with Crippen LogP contribution in [0.15, 0.2) is 16.3 Å². The summed E-state index contributed by atoms with van der Waals surface area (Å²) in [6.07, 6.45) is 0. The minimum atomic E-state index is -3.89. The fourth-order valence-electron chi connectivity index (χ4n) is 0.764. The van der Waals surface area contributed by atoms with Crippen LogP contribution in [0, 0.1) is 0 Å². The van der Waals surface area contributed by atoms with E-state index in [0.29, 0.717) is 4.88 Å². The Morgan fingerprint density at radius 1 is 1.50 bits per heavy atom. The molecule has 0 amide bonds. The molecule has 6 nitrogen and oxygen atoms in total. The van der Waals surface area contributed by atoms with E-state index in [2.05, 4.69) is 0 Å². The summed E-state index contributed by atoms with van der Waals surface area (Å²) in [6, 6.07) is 1.20. The highest BCUT2D eigenvalue weighted by molar-refractivity contribution is 7.89. The molecular weight excluding hydrogens is 250 g/mol. The summed E-state index contributed by atoms with van der Waals surface area (Å²) in [7, 11) is -6.46. The second-order valence-corrected chi connectivity index (χ2v) is 5.97. The molecule has 0 atom stereocenters. The smallest absolute Gasteiger partial charge is 0.263 e. The van der Waals surface area contributed by atoms with Crippen molar-refractivity contribution in [2.45, 2.75) is 10.6 Å². The molecule has 2 N–H and O–H groups in total. The van der Waals surface area contributed by atoms with Gasteiger partial charge in [-0.1, -0.05) is 4.89 Å². The Labute approximate surface area is 86.2 Å². The van der Waals surface area contributed by atoms with Crippen LogP contribution in [-0.4, -0.2) is 22.0 Å². The molecule has 1 aromatic heterocycles. The number of hydrogen-bond acceptors (Lipinski definition) is 6. The molecule has 0 aliphatic heterocycles. The lowest BCUT2D eigenvalue weighted by atomic mass is 10.5. The first-order valence-corrected chi connectivity index (χ1v) is 7.03. The highest BCUT2D eigenvalue weighted by Gasteiger charge is 2.14. The molecule has 9 heteroatoms. The van der Waals surface area contributed by atoms with E-state index < -0.39 is 20.7 Å². The zero-order chi connectivity index (χ0) is 10.8. The van der Waals surface area contributed by atoms with E-state index in [1.54, 1.807) is 0 Å². The number of sulfonamides is 1. The van der Waals surface area contributed by atoms with Crippen LogP contribution in [0.1, 0.15) is 4.88 Å². The molecule has 0 fully saturated rings. The largest absolute Gasteiger partial charge is 0.302 e. The number of nitrogens with one attached hydrogen (secondary N) is 1. The molecule has 14 heavy (non-hydrogen) atoms. The van der Waals surface area contributed by atoms with Crippen LogP contribution < -0.4 is 4.89 Å². The van der Waals surface area contributed by atoms with Gasteiger partial charge in [0.2, 0.25) is 0 Å². The van der Waals surface area contributed by atoms with Crippen molar-refractivity contribution in [1.29, 1.82) is 0 Å². The Balaban J connectivity index is 3.00. The molecule has 0 aliphatic carbocycles. The Morgan fingerprint density at radius 2 is 2.14 bits per heavy atom. The number of rotatable bonds is 4. The summed E-state index contributed by atoms with van der Waals surface area (Å²) in [5.74, 6) is -0.194. The normalized spacial score (nSPS) is 12.1. The van der Waals surface area contributed by atoms with Gasteiger partial charge in [0.1, 0.15) is 10.7 Å². The lowest BCUT2D eigenvalue weighted by Gasteiger charge is -1.94. The summed E-state index contributed by atoms with van der Waals surface area (Å²) in [6.45, 7) is 0. The molecule has 0 aromatic carbocycles. The minimum Gasteiger partial charge on any atom is -0.302 e. The van der Waals surface area contributed by atoms with Crippen LogP contribution >= 0.6 is 11.3 Å². The Kier molecular flexibility index (Phi) is 3.61. The lowest BCUT2D eigenvalue weighted by Crippen LogP contribution is -2.18. The highest BCUT2D eigenvalue weighted by atomic mass is 32.2. The molecule has 0 saturated heterocycles. The van der Waals surface area contributed by atoms with Gasteiger partial charge in [-0.05, 0) is 6.07 Å². The van der Waals surface area contributed by atoms with Gasteiger partial charge in [-0.2, -0.15) is 0 Å². The molecule has 1 aromatic rings. The monoisotopic (exact) mass is 257 g/mol. The molecule has 0 unspecified atom stereocenters. The highest BCUT2D eigenvalue weighted by Crippen LogP contribution is 2.19. The molecule has 0 spiro atoms. The molecule has 0 bridgehead atoms. The van der Waals surface area contributed by atoms with E-state index in [4.69, 9.17) is 5.21 Å². The van der Waals surface area contributed by atoms with Crippen molar-refractivity contribution < 1.29 is 22.0 Å². The predicted molar refractivity (Wildman–Crippen MR) is 50.4 cm³/mol. The Hall–Kier alpha value is -0.480. The van der Waals surface area contributed by atoms with Crippen molar-refractivity contribution in [2.75, 3.05) is 0 Å². The first kappa shape index (κ1) is 11.6. The van der Waals surface area contributed by atoms with Crippen molar-refractivity contribution in [3.63, 3.8) is 0 Å². The number of thiol groups is 1. The van der Waals surface area contributed by atoms with Gasteiger partial charge in [0.15, 0.2) is 0 Å². The zero-order valence-electron chi connectivity index (χ0n) is 6.71. The van der Waals surface area contributed by atoms with E-state index in [0.717, 1.165) is 16.2 Å². The maximum absolute atomic E-state index is 11.0. The van der Waals surface area contributed by atoms with Crippen LogP contribution in [0.25, 0.3) is 0 Å². The van der Waals surface area contributed by atoms with Crippen molar-refractivity contribution >= 4 is 32.1 Å². The molecule has 1 heterocycles. The zero-order valence-corrected chi connectivity index (χ0v) is 9.23. The average Bonchev–Trinajstić information content (AvgIpc) is 2.52. The average molecular weight is 257 g/mol. The van der Waals surface area contributed by atoms with E-state index >= 15 is 0 Å². The third-order valence-electron chi connectivity index (χ3n) is 1.35. The quantitative estimate of drug-likeness (QED) is 0.500. The van der Waals surface area contributed by atoms with Gasteiger partial charge < -0.3 is 5.21 Å². The molecule has 1 rings (SSSR count). The molecule has 0 aliphatic rings. The Morgan fingerprint density at radius 3 is 2.64 bits per heavy atom. The molecule has 80 valence electrons. The number of hydrogen-bond donors (Lipinski definition) is 3. The molecule has 0 radical (unpaired) electrons. The summed E-state index contributed by atoms with van der Waals surface area (Å²) >= 11 is 1.01. The van der Waals surface area contributed by atoms with E-state index in [1.165, 1.54) is 11.4 Å². The third kappa shape index (κ3) is 2.75. The van der Waals surface area contributed by atoms with Crippen LogP contribution in [0.4, 0.5) is 0 Å². The second kappa shape index (κ2) is 4.36. The van der Waals surface area contributed by atoms with E-state index in [-0.39, 0.29) is 10.6 Å². The fourth-order valence-corrected chi connectivity index (χ4v) is 3.38. The molecular formula is C5H7NO5S3. The minimum absolute atomic E-state index is 0.142. The first-order chi connectivity index (χ1) is 6.45. The maximum Gasteiger partial charge on any atom is 0.263 e. The van der Waals surface area contributed by atoms with E-state index in [9.17, 15) is 16.8 Å². The van der Waals surface area contributed by atoms with Crippen LogP contribution in [0.2, 0.25) is 0 Å². The van der Waals surface area contributed by atoms with Gasteiger partial charge in [0, 0.05) is 10.3 Å².